The molecule has 120 valence electrons. The quantitative estimate of drug-likeness (QED) is 0.749. The Hall–Kier alpha value is -0.640. The lowest BCUT2D eigenvalue weighted by molar-refractivity contribution is -0.134. The molecule has 0 aromatic carbocycles. The Labute approximate surface area is 142 Å². The monoisotopic (exact) mass is 411 g/mol. The van der Waals surface area contributed by atoms with Gasteiger partial charge in [-0.3, -0.25) is 4.90 Å². The first-order valence-electron chi connectivity index (χ1n) is 6.66. The third kappa shape index (κ3) is 3.81. The number of thiophene rings is 1. The zero-order chi connectivity index (χ0) is 15.7. The molecule has 0 atom stereocenters. The van der Waals surface area contributed by atoms with Crippen molar-refractivity contribution in [3.63, 3.8) is 0 Å². The Bertz CT molecular complexity index is 633. The first kappa shape index (κ1) is 16.2. The summed E-state index contributed by atoms with van der Waals surface area (Å²) in [7, 11) is 0. The molecule has 0 bridgehead atoms. The molecule has 22 heavy (non-hydrogen) atoms. The van der Waals surface area contributed by atoms with E-state index in [9.17, 15) is 13.2 Å². The third-order valence-corrected chi connectivity index (χ3v) is 6.14. The number of halogens is 4. The van der Waals surface area contributed by atoms with Crippen molar-refractivity contribution in [1.29, 1.82) is 0 Å². The van der Waals surface area contributed by atoms with Crippen LogP contribution in [-0.4, -0.2) is 36.1 Å². The molecular formula is C13H13BrF3N3S2. The van der Waals surface area contributed by atoms with Crippen molar-refractivity contribution >= 4 is 43.7 Å². The van der Waals surface area contributed by atoms with Gasteiger partial charge in [0, 0.05) is 37.6 Å². The van der Waals surface area contributed by atoms with Crippen molar-refractivity contribution in [1.82, 2.24) is 9.88 Å². The van der Waals surface area contributed by atoms with Crippen LogP contribution in [-0.2, 0) is 12.7 Å². The van der Waals surface area contributed by atoms with Gasteiger partial charge in [0.15, 0.2) is 5.13 Å². The first-order valence-corrected chi connectivity index (χ1v) is 9.09. The van der Waals surface area contributed by atoms with Crippen LogP contribution in [0.3, 0.4) is 0 Å². The second-order valence-corrected chi connectivity index (χ2v) is 8.53. The summed E-state index contributed by atoms with van der Waals surface area (Å²) in [4.78, 5) is 8.82. The predicted molar refractivity (Wildman–Crippen MR) is 86.6 cm³/mol. The van der Waals surface area contributed by atoms with Crippen LogP contribution in [0.4, 0.5) is 18.3 Å². The number of anilines is 1. The molecule has 0 radical (unpaired) electrons. The summed E-state index contributed by atoms with van der Waals surface area (Å²) >= 11 is 5.88. The molecule has 0 unspecified atom stereocenters. The second-order valence-electron chi connectivity index (χ2n) is 4.97. The molecular weight excluding hydrogens is 399 g/mol. The standard InChI is InChI=1S/C13H13BrF3N3S2/c14-11-2-1-9(21-11)8-19-3-5-20(6-4-19)12-18-7-10(22-12)13(15,16)17/h1-2,7H,3-6,8H2. The minimum atomic E-state index is -4.30. The molecule has 2 aromatic rings. The summed E-state index contributed by atoms with van der Waals surface area (Å²) in [6.07, 6.45) is -3.38. The zero-order valence-corrected chi connectivity index (χ0v) is 14.7. The summed E-state index contributed by atoms with van der Waals surface area (Å²) in [5, 5.41) is 0.464. The smallest absolute Gasteiger partial charge is 0.346 e. The Morgan fingerprint density at radius 2 is 1.86 bits per heavy atom. The van der Waals surface area contributed by atoms with Crippen molar-refractivity contribution in [2.45, 2.75) is 12.7 Å². The minimum Gasteiger partial charge on any atom is -0.346 e. The summed E-state index contributed by atoms with van der Waals surface area (Å²) < 4.78 is 39.0. The van der Waals surface area contributed by atoms with Crippen molar-refractivity contribution in [2.24, 2.45) is 0 Å². The van der Waals surface area contributed by atoms with Gasteiger partial charge in [-0.1, -0.05) is 11.3 Å². The number of piperazine rings is 1. The highest BCUT2D eigenvalue weighted by molar-refractivity contribution is 9.11. The van der Waals surface area contributed by atoms with Gasteiger partial charge in [0.05, 0.1) is 9.98 Å². The first-order chi connectivity index (χ1) is 10.4. The molecule has 0 saturated carbocycles. The molecule has 1 aliphatic heterocycles. The Kier molecular flexibility index (Phi) is 4.77. The van der Waals surface area contributed by atoms with Crippen LogP contribution >= 0.6 is 38.6 Å². The van der Waals surface area contributed by atoms with E-state index in [2.05, 4.69) is 31.9 Å². The van der Waals surface area contributed by atoms with Gasteiger partial charge in [0.25, 0.3) is 0 Å². The SMILES string of the molecule is FC(F)(F)c1cnc(N2CCN(Cc3ccc(Br)s3)CC2)s1. The zero-order valence-electron chi connectivity index (χ0n) is 11.4. The molecule has 0 spiro atoms. The maximum atomic E-state index is 12.6. The van der Waals surface area contributed by atoms with E-state index < -0.39 is 11.1 Å². The average molecular weight is 412 g/mol. The molecule has 0 amide bonds. The molecule has 1 fully saturated rings. The third-order valence-electron chi connectivity index (χ3n) is 3.42. The number of rotatable bonds is 3. The van der Waals surface area contributed by atoms with E-state index in [1.807, 2.05) is 11.0 Å². The predicted octanol–water partition coefficient (Wildman–Crippen LogP) is 4.31. The number of alkyl halides is 3. The van der Waals surface area contributed by atoms with Crippen molar-refractivity contribution < 1.29 is 13.2 Å². The fourth-order valence-corrected chi connectivity index (χ4v) is 4.66. The normalized spacial score (nSPS) is 17.2. The van der Waals surface area contributed by atoms with Crippen molar-refractivity contribution in [3.05, 3.63) is 31.9 Å². The van der Waals surface area contributed by atoms with Crippen LogP contribution in [0.2, 0.25) is 0 Å². The Morgan fingerprint density at radius 3 is 2.41 bits per heavy atom. The number of nitrogens with zero attached hydrogens (tertiary/aromatic N) is 3. The summed E-state index contributed by atoms with van der Waals surface area (Å²) in [5.74, 6) is 0. The van der Waals surface area contributed by atoms with E-state index in [-0.39, 0.29) is 0 Å². The number of hydrogen-bond donors (Lipinski definition) is 0. The Balaban J connectivity index is 1.56. The number of thiazole rings is 1. The van der Waals surface area contributed by atoms with Gasteiger partial charge in [-0.05, 0) is 28.1 Å². The fourth-order valence-electron chi connectivity index (χ4n) is 2.30. The van der Waals surface area contributed by atoms with Gasteiger partial charge >= 0.3 is 6.18 Å². The van der Waals surface area contributed by atoms with Crippen LogP contribution in [0, 0.1) is 0 Å². The van der Waals surface area contributed by atoms with Crippen LogP contribution in [0.15, 0.2) is 22.1 Å². The molecule has 1 aliphatic rings. The van der Waals surface area contributed by atoms with E-state index in [1.54, 1.807) is 11.3 Å². The van der Waals surface area contributed by atoms with Crippen LogP contribution in [0.1, 0.15) is 9.75 Å². The molecule has 1 saturated heterocycles. The molecule has 9 heteroatoms. The van der Waals surface area contributed by atoms with E-state index in [0.29, 0.717) is 18.2 Å². The van der Waals surface area contributed by atoms with Gasteiger partial charge in [-0.2, -0.15) is 13.2 Å². The average Bonchev–Trinajstić information content (AvgIpc) is 3.08. The van der Waals surface area contributed by atoms with Gasteiger partial charge in [0.2, 0.25) is 0 Å². The van der Waals surface area contributed by atoms with Crippen molar-refractivity contribution in [2.75, 3.05) is 31.1 Å². The number of aromatic nitrogens is 1. The van der Waals surface area contributed by atoms with Gasteiger partial charge in [-0.25, -0.2) is 4.98 Å². The van der Waals surface area contributed by atoms with E-state index in [0.717, 1.165) is 41.0 Å². The maximum absolute atomic E-state index is 12.6. The van der Waals surface area contributed by atoms with Gasteiger partial charge < -0.3 is 4.90 Å². The summed E-state index contributed by atoms with van der Waals surface area (Å²) in [6, 6.07) is 4.13. The number of hydrogen-bond acceptors (Lipinski definition) is 5. The summed E-state index contributed by atoms with van der Waals surface area (Å²) in [6.45, 7) is 3.96. The largest absolute Gasteiger partial charge is 0.427 e. The van der Waals surface area contributed by atoms with E-state index in [1.165, 1.54) is 4.88 Å². The van der Waals surface area contributed by atoms with Crippen molar-refractivity contribution in [3.8, 4) is 0 Å². The molecule has 0 aliphatic carbocycles. The van der Waals surface area contributed by atoms with Crippen LogP contribution in [0.5, 0.6) is 0 Å². The lowest BCUT2D eigenvalue weighted by Gasteiger charge is -2.34. The Morgan fingerprint density at radius 1 is 1.14 bits per heavy atom. The fraction of sp³-hybridized carbons (Fsp3) is 0.462. The molecule has 3 heterocycles. The minimum absolute atomic E-state index is 0.464. The molecule has 0 N–H and O–H groups in total. The van der Waals surface area contributed by atoms with Crippen LogP contribution in [0.25, 0.3) is 0 Å². The van der Waals surface area contributed by atoms with Gasteiger partial charge in [0.1, 0.15) is 4.88 Å². The van der Waals surface area contributed by atoms with Gasteiger partial charge in [-0.15, -0.1) is 11.3 Å². The van der Waals surface area contributed by atoms with E-state index in [4.69, 9.17) is 0 Å². The second kappa shape index (κ2) is 6.46. The molecule has 2 aromatic heterocycles. The molecule has 3 rings (SSSR count). The van der Waals surface area contributed by atoms with E-state index >= 15 is 0 Å². The highest BCUT2D eigenvalue weighted by atomic mass is 79.9. The lowest BCUT2D eigenvalue weighted by atomic mass is 10.3. The van der Waals surface area contributed by atoms with Crippen LogP contribution < -0.4 is 4.90 Å². The summed E-state index contributed by atoms with van der Waals surface area (Å²) in [5.41, 5.74) is 0. The highest BCUT2D eigenvalue weighted by Gasteiger charge is 2.34. The topological polar surface area (TPSA) is 19.4 Å². The molecule has 3 nitrogen and oxygen atoms in total. The maximum Gasteiger partial charge on any atom is 0.427 e. The lowest BCUT2D eigenvalue weighted by Crippen LogP contribution is -2.45. The highest BCUT2D eigenvalue weighted by Crippen LogP contribution is 2.36.